The Morgan fingerprint density at radius 2 is 1.74 bits per heavy atom. The predicted octanol–water partition coefficient (Wildman–Crippen LogP) is 4.10. The minimum Gasteiger partial charge on any atom is -0.271 e. The summed E-state index contributed by atoms with van der Waals surface area (Å²) in [7, 11) is 0. The van der Waals surface area contributed by atoms with Gasteiger partial charge in [0.2, 0.25) is 5.82 Å². The Morgan fingerprint density at radius 3 is 2.48 bits per heavy atom. The molecule has 1 amide bonds. The van der Waals surface area contributed by atoms with Gasteiger partial charge in [0.05, 0.1) is 26.3 Å². The SMILES string of the molecule is O=C(Cn1nnc(-c2cccc(Cl)c2Cl)n1)N/N=C\c1c(Cl)cccc1Cl. The number of carbonyl (C=O) groups excluding carboxylic acids is 1. The Kier molecular flexibility index (Phi) is 6.28. The number of tetrazole rings is 1. The number of amides is 1. The Morgan fingerprint density at radius 1 is 1.07 bits per heavy atom. The van der Waals surface area contributed by atoms with E-state index in [4.69, 9.17) is 46.4 Å². The average molecular weight is 444 g/mol. The van der Waals surface area contributed by atoms with Crippen LogP contribution >= 0.6 is 46.4 Å². The van der Waals surface area contributed by atoms with Crippen molar-refractivity contribution in [3.05, 3.63) is 62.1 Å². The number of halogens is 4. The van der Waals surface area contributed by atoms with E-state index in [1.54, 1.807) is 36.4 Å². The number of nitrogens with zero attached hydrogens (tertiary/aromatic N) is 5. The lowest BCUT2D eigenvalue weighted by Gasteiger charge is -2.01. The fraction of sp³-hybridized carbons (Fsp3) is 0.0625. The number of nitrogens with one attached hydrogen (secondary N) is 1. The molecule has 27 heavy (non-hydrogen) atoms. The monoisotopic (exact) mass is 442 g/mol. The van der Waals surface area contributed by atoms with Gasteiger partial charge in [-0.3, -0.25) is 4.79 Å². The van der Waals surface area contributed by atoms with Crippen LogP contribution in [-0.2, 0) is 11.3 Å². The molecule has 0 fully saturated rings. The summed E-state index contributed by atoms with van der Waals surface area (Å²) < 4.78 is 0. The minimum absolute atomic E-state index is 0.196. The van der Waals surface area contributed by atoms with Crippen LogP contribution in [0.2, 0.25) is 20.1 Å². The van der Waals surface area contributed by atoms with Crippen molar-refractivity contribution in [1.82, 2.24) is 25.6 Å². The number of hydrazone groups is 1. The van der Waals surface area contributed by atoms with Gasteiger partial charge in [-0.15, -0.1) is 10.2 Å². The van der Waals surface area contributed by atoms with E-state index >= 15 is 0 Å². The minimum atomic E-state index is -0.462. The van der Waals surface area contributed by atoms with Crippen LogP contribution in [0.25, 0.3) is 11.4 Å². The molecule has 1 heterocycles. The van der Waals surface area contributed by atoms with Gasteiger partial charge in [-0.2, -0.15) is 9.90 Å². The number of rotatable bonds is 5. The van der Waals surface area contributed by atoms with Crippen LogP contribution in [0.15, 0.2) is 41.5 Å². The van der Waals surface area contributed by atoms with E-state index in [2.05, 4.69) is 25.9 Å². The van der Waals surface area contributed by atoms with Gasteiger partial charge in [0.25, 0.3) is 5.91 Å². The zero-order chi connectivity index (χ0) is 19.4. The highest BCUT2D eigenvalue weighted by atomic mass is 35.5. The van der Waals surface area contributed by atoms with Gasteiger partial charge in [-0.05, 0) is 29.5 Å². The zero-order valence-electron chi connectivity index (χ0n) is 13.4. The van der Waals surface area contributed by atoms with Crippen LogP contribution in [-0.4, -0.2) is 32.3 Å². The average Bonchev–Trinajstić information content (AvgIpc) is 3.08. The van der Waals surface area contributed by atoms with Gasteiger partial charge in [0.1, 0.15) is 6.54 Å². The molecule has 0 bridgehead atoms. The van der Waals surface area contributed by atoms with E-state index in [1.807, 2.05) is 0 Å². The summed E-state index contributed by atoms with van der Waals surface area (Å²) >= 11 is 24.1. The third-order valence-corrected chi connectivity index (χ3v) is 4.79. The zero-order valence-corrected chi connectivity index (χ0v) is 16.4. The molecule has 7 nitrogen and oxygen atoms in total. The predicted molar refractivity (Wildman–Crippen MR) is 105 cm³/mol. The maximum atomic E-state index is 12.0. The van der Waals surface area contributed by atoms with Gasteiger partial charge >= 0.3 is 0 Å². The van der Waals surface area contributed by atoms with E-state index in [1.165, 1.54) is 6.21 Å². The molecule has 11 heteroatoms. The number of benzene rings is 2. The molecule has 1 aromatic heterocycles. The molecular weight excluding hydrogens is 434 g/mol. The number of hydrogen-bond acceptors (Lipinski definition) is 5. The molecule has 0 spiro atoms. The lowest BCUT2D eigenvalue weighted by molar-refractivity contribution is -0.122. The molecular formula is C16H10Cl4N6O. The summed E-state index contributed by atoms with van der Waals surface area (Å²) in [6.07, 6.45) is 1.36. The van der Waals surface area contributed by atoms with Crippen molar-refractivity contribution < 1.29 is 4.79 Å². The highest BCUT2D eigenvalue weighted by Gasteiger charge is 2.13. The standard InChI is InChI=1S/C16H10Cl4N6O/c17-11-4-2-5-12(18)10(11)7-21-22-14(27)8-26-24-16(23-25-26)9-3-1-6-13(19)15(9)20/h1-7H,8H2,(H,22,27)/b21-7-. The first-order chi connectivity index (χ1) is 13.0. The molecule has 0 aliphatic rings. The van der Waals surface area contributed by atoms with Crippen molar-refractivity contribution in [2.45, 2.75) is 6.54 Å². The fourth-order valence-electron chi connectivity index (χ4n) is 2.06. The largest absolute Gasteiger partial charge is 0.271 e. The van der Waals surface area contributed by atoms with Crippen molar-refractivity contribution in [3.8, 4) is 11.4 Å². The Labute approximate surface area is 173 Å². The highest BCUT2D eigenvalue weighted by molar-refractivity contribution is 6.43. The summed E-state index contributed by atoms with van der Waals surface area (Å²) in [6, 6.07) is 10.1. The quantitative estimate of drug-likeness (QED) is 0.475. The van der Waals surface area contributed by atoms with Gasteiger partial charge in [-0.1, -0.05) is 58.5 Å². The van der Waals surface area contributed by atoms with E-state index < -0.39 is 5.91 Å². The molecule has 3 rings (SSSR count). The molecule has 138 valence electrons. The Bertz CT molecular complexity index is 1000. The van der Waals surface area contributed by atoms with Crippen LogP contribution in [0.5, 0.6) is 0 Å². The summed E-state index contributed by atoms with van der Waals surface area (Å²) in [5, 5.41) is 17.2. The lowest BCUT2D eigenvalue weighted by Crippen LogP contribution is -2.24. The molecule has 0 radical (unpaired) electrons. The molecule has 2 aromatic carbocycles. The topological polar surface area (TPSA) is 85.1 Å². The van der Waals surface area contributed by atoms with Crippen molar-refractivity contribution in [2.24, 2.45) is 5.10 Å². The second kappa shape index (κ2) is 8.67. The Balaban J connectivity index is 1.65. The number of aromatic nitrogens is 4. The molecule has 0 aliphatic heterocycles. The number of carbonyl (C=O) groups is 1. The first kappa shape index (κ1) is 19.6. The molecule has 0 unspecified atom stereocenters. The van der Waals surface area contributed by atoms with Crippen LogP contribution in [0, 0.1) is 0 Å². The first-order valence-electron chi connectivity index (χ1n) is 7.44. The van der Waals surface area contributed by atoms with Crippen LogP contribution in [0.4, 0.5) is 0 Å². The van der Waals surface area contributed by atoms with E-state index in [0.717, 1.165) is 4.80 Å². The van der Waals surface area contributed by atoms with Crippen LogP contribution in [0.3, 0.4) is 0 Å². The van der Waals surface area contributed by atoms with Gasteiger partial charge in [0, 0.05) is 11.1 Å². The summed E-state index contributed by atoms with van der Waals surface area (Å²) in [6.45, 7) is -0.196. The fourth-order valence-corrected chi connectivity index (χ4v) is 2.94. The van der Waals surface area contributed by atoms with Gasteiger partial charge < -0.3 is 0 Å². The second-order valence-electron chi connectivity index (χ2n) is 5.17. The smallest absolute Gasteiger partial charge is 0.263 e. The third-order valence-electron chi connectivity index (χ3n) is 3.31. The first-order valence-corrected chi connectivity index (χ1v) is 8.95. The molecule has 0 saturated carbocycles. The van der Waals surface area contributed by atoms with Crippen LogP contribution < -0.4 is 5.43 Å². The Hall–Kier alpha value is -2.19. The van der Waals surface area contributed by atoms with Crippen molar-refractivity contribution in [3.63, 3.8) is 0 Å². The third kappa shape index (κ3) is 4.75. The maximum Gasteiger partial charge on any atom is 0.263 e. The van der Waals surface area contributed by atoms with Crippen LogP contribution in [0.1, 0.15) is 5.56 Å². The number of hydrogen-bond donors (Lipinski definition) is 1. The molecule has 0 atom stereocenters. The van der Waals surface area contributed by atoms with Gasteiger partial charge in [0.15, 0.2) is 0 Å². The lowest BCUT2D eigenvalue weighted by atomic mass is 10.2. The van der Waals surface area contributed by atoms with Crippen molar-refractivity contribution in [2.75, 3.05) is 0 Å². The van der Waals surface area contributed by atoms with E-state index in [-0.39, 0.29) is 12.4 Å². The van der Waals surface area contributed by atoms with E-state index in [9.17, 15) is 4.79 Å². The van der Waals surface area contributed by atoms with Crippen molar-refractivity contribution in [1.29, 1.82) is 0 Å². The summed E-state index contributed by atoms with van der Waals surface area (Å²) in [5.74, 6) is -0.211. The van der Waals surface area contributed by atoms with Gasteiger partial charge in [-0.25, -0.2) is 5.43 Å². The normalized spacial score (nSPS) is 11.1. The highest BCUT2D eigenvalue weighted by Crippen LogP contribution is 2.31. The molecule has 1 N–H and O–H groups in total. The molecule has 0 saturated heterocycles. The van der Waals surface area contributed by atoms with Crippen molar-refractivity contribution >= 4 is 58.5 Å². The summed E-state index contributed by atoms with van der Waals surface area (Å²) in [5.41, 5.74) is 3.36. The summed E-state index contributed by atoms with van der Waals surface area (Å²) in [4.78, 5) is 13.1. The molecule has 0 aliphatic carbocycles. The second-order valence-corrected chi connectivity index (χ2v) is 6.77. The van der Waals surface area contributed by atoms with E-state index in [0.29, 0.717) is 31.2 Å². The molecule has 3 aromatic rings. The maximum absolute atomic E-state index is 12.0.